The fraction of sp³-hybridized carbons (Fsp3) is 0.222. The van der Waals surface area contributed by atoms with E-state index < -0.39 is 27.2 Å². The molecule has 0 radical (unpaired) electrons. The Morgan fingerprint density at radius 2 is 1.71 bits per heavy atom. The van der Waals surface area contributed by atoms with Gasteiger partial charge in [0.25, 0.3) is 11.4 Å². The maximum atomic E-state index is 12.3. The number of rotatable bonds is 5. The van der Waals surface area contributed by atoms with Crippen molar-refractivity contribution < 1.29 is 24.2 Å². The first-order valence-corrected chi connectivity index (χ1v) is 8.28. The highest BCUT2D eigenvalue weighted by molar-refractivity contribution is 6.03. The fourth-order valence-corrected chi connectivity index (χ4v) is 2.93. The number of aryl methyl sites for hydroxylation is 1. The second kappa shape index (κ2) is 7.82. The van der Waals surface area contributed by atoms with Crippen LogP contribution in [-0.2, 0) is 11.3 Å². The zero-order valence-corrected chi connectivity index (χ0v) is 14.8. The third-order valence-corrected chi connectivity index (χ3v) is 4.28. The Kier molecular flexibility index (Phi) is 5.30. The van der Waals surface area contributed by atoms with E-state index in [4.69, 9.17) is 9.57 Å². The van der Waals surface area contributed by atoms with Gasteiger partial charge in [-0.05, 0) is 43.0 Å². The van der Waals surface area contributed by atoms with Crippen LogP contribution in [0.25, 0.3) is 0 Å². The molecule has 1 aliphatic carbocycles. The Labute approximate surface area is 158 Å². The minimum absolute atomic E-state index is 0.323. The van der Waals surface area contributed by atoms with Gasteiger partial charge in [0, 0.05) is 17.7 Å². The van der Waals surface area contributed by atoms with Crippen molar-refractivity contribution in [2.24, 2.45) is 5.16 Å². The van der Waals surface area contributed by atoms with Crippen molar-refractivity contribution in [2.75, 3.05) is 7.11 Å². The molecule has 10 heteroatoms. The van der Waals surface area contributed by atoms with Gasteiger partial charge < -0.3 is 9.57 Å². The normalized spacial score (nSPS) is 14.2. The first-order chi connectivity index (χ1) is 13.4. The molecule has 1 aliphatic rings. The summed E-state index contributed by atoms with van der Waals surface area (Å²) in [6.07, 6.45) is 2.22. The Morgan fingerprint density at radius 1 is 1.04 bits per heavy atom. The molecule has 0 saturated carbocycles. The van der Waals surface area contributed by atoms with E-state index in [1.807, 2.05) is 12.1 Å². The summed E-state index contributed by atoms with van der Waals surface area (Å²) in [5.74, 6) is -0.305. The number of nitro benzene ring substituents is 2. The lowest BCUT2D eigenvalue weighted by atomic mass is 9.90. The summed E-state index contributed by atoms with van der Waals surface area (Å²) < 4.78 is 5.20. The monoisotopic (exact) mass is 385 g/mol. The molecule has 3 rings (SSSR count). The molecule has 2 aromatic carbocycles. The number of hydrogen-bond donors (Lipinski definition) is 0. The van der Waals surface area contributed by atoms with E-state index in [9.17, 15) is 25.0 Å². The van der Waals surface area contributed by atoms with E-state index in [-0.39, 0.29) is 5.56 Å². The number of benzene rings is 2. The number of carbonyl (C=O) groups is 1. The van der Waals surface area contributed by atoms with Gasteiger partial charge in [-0.2, -0.15) is 0 Å². The molecular weight excluding hydrogens is 370 g/mol. The van der Waals surface area contributed by atoms with E-state index in [0.29, 0.717) is 17.9 Å². The maximum absolute atomic E-state index is 12.3. The zero-order chi connectivity index (χ0) is 20.3. The summed E-state index contributed by atoms with van der Waals surface area (Å²) in [7, 11) is 1.57. The molecule has 0 aliphatic heterocycles. The minimum atomic E-state index is -1.01. The van der Waals surface area contributed by atoms with Gasteiger partial charge in [-0.3, -0.25) is 20.2 Å². The molecule has 0 amide bonds. The number of non-ortho nitro benzene ring substituents is 2. The van der Waals surface area contributed by atoms with Crippen molar-refractivity contribution in [3.8, 4) is 5.75 Å². The lowest BCUT2D eigenvalue weighted by Crippen LogP contribution is -2.14. The van der Waals surface area contributed by atoms with Crippen molar-refractivity contribution in [3.63, 3.8) is 0 Å². The van der Waals surface area contributed by atoms with Crippen LogP contribution in [0.15, 0.2) is 41.6 Å². The number of oxime groups is 1. The Bertz CT molecular complexity index is 968. The highest BCUT2D eigenvalue weighted by Gasteiger charge is 2.22. The Balaban J connectivity index is 1.87. The Hall–Kier alpha value is -3.82. The molecule has 28 heavy (non-hydrogen) atoms. The third kappa shape index (κ3) is 3.95. The van der Waals surface area contributed by atoms with Crippen LogP contribution < -0.4 is 4.74 Å². The average Bonchev–Trinajstić information content (AvgIpc) is 2.70. The molecule has 10 nitrogen and oxygen atoms in total. The molecular formula is C18H15N3O7. The van der Waals surface area contributed by atoms with Crippen LogP contribution in [-0.4, -0.2) is 28.6 Å². The fourth-order valence-electron chi connectivity index (χ4n) is 2.93. The molecule has 0 atom stereocenters. The summed E-state index contributed by atoms with van der Waals surface area (Å²) in [6, 6.07) is 8.07. The van der Waals surface area contributed by atoms with Gasteiger partial charge in [-0.25, -0.2) is 4.79 Å². The van der Waals surface area contributed by atoms with Crippen molar-refractivity contribution in [1.29, 1.82) is 0 Å². The van der Waals surface area contributed by atoms with Gasteiger partial charge in [-0.15, -0.1) is 0 Å². The lowest BCUT2D eigenvalue weighted by Gasteiger charge is -2.17. The highest BCUT2D eigenvalue weighted by Crippen LogP contribution is 2.27. The second-order valence-corrected chi connectivity index (χ2v) is 6.05. The predicted molar refractivity (Wildman–Crippen MR) is 97.6 cm³/mol. The van der Waals surface area contributed by atoms with Crippen molar-refractivity contribution in [1.82, 2.24) is 0 Å². The van der Waals surface area contributed by atoms with Gasteiger partial charge >= 0.3 is 5.97 Å². The van der Waals surface area contributed by atoms with Gasteiger partial charge in [0.2, 0.25) is 0 Å². The third-order valence-electron chi connectivity index (χ3n) is 4.28. The summed E-state index contributed by atoms with van der Waals surface area (Å²) in [4.78, 5) is 37.4. The average molecular weight is 385 g/mol. The van der Waals surface area contributed by atoms with E-state index in [1.165, 1.54) is 0 Å². The second-order valence-electron chi connectivity index (χ2n) is 6.05. The van der Waals surface area contributed by atoms with E-state index in [2.05, 4.69) is 5.16 Å². The molecule has 0 unspecified atom stereocenters. The molecule has 0 spiro atoms. The zero-order valence-electron chi connectivity index (χ0n) is 14.8. The molecule has 2 aromatic rings. The van der Waals surface area contributed by atoms with E-state index in [0.717, 1.165) is 42.2 Å². The molecule has 0 fully saturated rings. The van der Waals surface area contributed by atoms with Crippen molar-refractivity contribution in [3.05, 3.63) is 73.3 Å². The summed E-state index contributed by atoms with van der Waals surface area (Å²) in [6.45, 7) is 0. The van der Waals surface area contributed by atoms with E-state index in [1.54, 1.807) is 13.2 Å². The molecule has 0 bridgehead atoms. The number of methoxy groups -OCH3 is 1. The van der Waals surface area contributed by atoms with E-state index >= 15 is 0 Å². The molecule has 144 valence electrons. The number of nitro groups is 2. The smallest absolute Gasteiger partial charge is 0.366 e. The largest absolute Gasteiger partial charge is 0.497 e. The van der Waals surface area contributed by atoms with Crippen LogP contribution in [0.2, 0.25) is 0 Å². The molecule has 0 saturated heterocycles. The van der Waals surface area contributed by atoms with Crippen molar-refractivity contribution in [2.45, 2.75) is 19.3 Å². The van der Waals surface area contributed by atoms with Gasteiger partial charge in [-0.1, -0.05) is 5.16 Å². The topological polar surface area (TPSA) is 134 Å². The van der Waals surface area contributed by atoms with Crippen molar-refractivity contribution >= 4 is 23.1 Å². The standard InChI is InChI=1S/C18H15N3O7/c1-27-15-5-6-16-11(9-15)3-2-4-17(16)19-28-18(22)12-7-13(20(23)24)10-14(8-12)21(25)26/h5-10H,2-4H2,1H3. The highest BCUT2D eigenvalue weighted by atomic mass is 16.7. The van der Waals surface area contributed by atoms with Gasteiger partial charge in [0.05, 0.1) is 34.3 Å². The van der Waals surface area contributed by atoms with Crippen LogP contribution >= 0.6 is 0 Å². The van der Waals surface area contributed by atoms with Gasteiger partial charge in [0.1, 0.15) is 5.75 Å². The number of fused-ring (bicyclic) bond motifs is 1. The number of carbonyl (C=O) groups excluding carboxylic acids is 1. The number of ether oxygens (including phenoxy) is 1. The number of nitrogens with zero attached hydrogens (tertiary/aromatic N) is 3. The summed E-state index contributed by atoms with van der Waals surface area (Å²) >= 11 is 0. The first kappa shape index (κ1) is 19.0. The molecule has 0 aromatic heterocycles. The quantitative estimate of drug-likeness (QED) is 0.437. The first-order valence-electron chi connectivity index (χ1n) is 8.28. The maximum Gasteiger partial charge on any atom is 0.366 e. The number of hydrogen-bond acceptors (Lipinski definition) is 8. The lowest BCUT2D eigenvalue weighted by molar-refractivity contribution is -0.394. The van der Waals surface area contributed by atoms with Crippen LogP contribution in [0.1, 0.15) is 34.3 Å². The predicted octanol–water partition coefficient (Wildman–Crippen LogP) is 3.41. The summed E-state index contributed by atoms with van der Waals surface area (Å²) in [5, 5.41) is 25.8. The summed E-state index contributed by atoms with van der Waals surface area (Å²) in [5.41, 5.74) is 0.900. The Morgan fingerprint density at radius 3 is 2.32 bits per heavy atom. The van der Waals surface area contributed by atoms with Crippen LogP contribution in [0.5, 0.6) is 5.75 Å². The molecule has 0 N–H and O–H groups in total. The van der Waals surface area contributed by atoms with Crippen LogP contribution in [0, 0.1) is 20.2 Å². The minimum Gasteiger partial charge on any atom is -0.497 e. The van der Waals surface area contributed by atoms with Crippen LogP contribution in [0.3, 0.4) is 0 Å². The SMILES string of the molecule is COc1ccc2c(c1)CCCC2=NOC(=O)c1cc([N+](=O)[O-])cc([N+](=O)[O-])c1. The van der Waals surface area contributed by atoms with Gasteiger partial charge in [0.15, 0.2) is 0 Å². The molecule has 0 heterocycles. The van der Waals surface area contributed by atoms with Crippen LogP contribution in [0.4, 0.5) is 11.4 Å².